The van der Waals surface area contributed by atoms with Crippen LogP contribution in [0.2, 0.25) is 0 Å². The molecule has 0 fully saturated rings. The first-order chi connectivity index (χ1) is 6.11. The Hall–Kier alpha value is -0.940. The Morgan fingerprint density at radius 3 is 2.85 bits per heavy atom. The largest absolute Gasteiger partial charge is 0.378 e. The van der Waals surface area contributed by atoms with Crippen molar-refractivity contribution >= 4 is 27.5 Å². The molecule has 13 heavy (non-hydrogen) atoms. The van der Waals surface area contributed by atoms with Crippen molar-refractivity contribution in [3.05, 3.63) is 28.0 Å². The molecule has 0 spiro atoms. The van der Waals surface area contributed by atoms with Crippen LogP contribution in [-0.2, 0) is 4.79 Å². The number of benzene rings is 1. The third kappa shape index (κ3) is 1.15. The van der Waals surface area contributed by atoms with E-state index in [0.717, 1.165) is 0 Å². The summed E-state index contributed by atoms with van der Waals surface area (Å²) in [7, 11) is 0. The number of carbonyl (C=O) groups is 1. The minimum Gasteiger partial charge on any atom is -0.378 e. The van der Waals surface area contributed by atoms with Gasteiger partial charge in [0.05, 0.1) is 11.3 Å². The van der Waals surface area contributed by atoms with E-state index in [2.05, 4.69) is 21.2 Å². The summed E-state index contributed by atoms with van der Waals surface area (Å²) in [5, 5.41) is 11.7. The quantitative estimate of drug-likeness (QED) is 0.730. The zero-order valence-electron chi connectivity index (χ0n) is 6.34. The number of fused-ring (bicyclic) bond motifs is 1. The predicted octanol–water partition coefficient (Wildman–Crippen LogP) is 1.57. The molecule has 5 heteroatoms. The zero-order valence-corrected chi connectivity index (χ0v) is 7.93. The average Bonchev–Trinajstić information content (AvgIpc) is 2.38. The third-order valence-corrected chi connectivity index (χ3v) is 2.57. The maximum atomic E-state index is 13.1. The predicted molar refractivity (Wildman–Crippen MR) is 47.7 cm³/mol. The molecule has 1 heterocycles. The fourth-order valence-corrected chi connectivity index (χ4v) is 1.73. The number of amides is 1. The van der Waals surface area contributed by atoms with Crippen molar-refractivity contribution in [3.8, 4) is 0 Å². The number of aliphatic hydroxyl groups is 1. The smallest absolute Gasteiger partial charge is 0.258 e. The first-order valence-corrected chi connectivity index (χ1v) is 4.37. The molecule has 2 N–H and O–H groups in total. The summed E-state index contributed by atoms with van der Waals surface area (Å²) in [6.45, 7) is 0. The fraction of sp³-hybridized carbons (Fsp3) is 0.125. The molecule has 0 aromatic heterocycles. The molecule has 1 unspecified atom stereocenters. The van der Waals surface area contributed by atoms with Crippen LogP contribution in [0.15, 0.2) is 16.6 Å². The molecule has 68 valence electrons. The van der Waals surface area contributed by atoms with Crippen LogP contribution < -0.4 is 5.32 Å². The molecular weight excluding hydrogens is 241 g/mol. The molecule has 0 bridgehead atoms. The van der Waals surface area contributed by atoms with Crippen LogP contribution in [0.25, 0.3) is 0 Å². The molecule has 1 aromatic rings. The minimum atomic E-state index is -1.40. The van der Waals surface area contributed by atoms with Gasteiger partial charge in [0.15, 0.2) is 6.10 Å². The Balaban J connectivity index is 2.68. The average molecular weight is 246 g/mol. The van der Waals surface area contributed by atoms with E-state index in [1.165, 1.54) is 12.1 Å². The van der Waals surface area contributed by atoms with Gasteiger partial charge in [0.1, 0.15) is 5.82 Å². The highest BCUT2D eigenvalue weighted by Crippen LogP contribution is 2.38. The van der Waals surface area contributed by atoms with Gasteiger partial charge in [-0.25, -0.2) is 4.39 Å². The monoisotopic (exact) mass is 245 g/mol. The Bertz CT molecular complexity index is 394. The van der Waals surface area contributed by atoms with E-state index in [4.69, 9.17) is 0 Å². The normalized spacial score (nSPS) is 19.9. The van der Waals surface area contributed by atoms with Gasteiger partial charge in [0.2, 0.25) is 0 Å². The Labute approximate surface area is 81.7 Å². The Kier molecular flexibility index (Phi) is 1.85. The van der Waals surface area contributed by atoms with Gasteiger partial charge in [-0.05, 0) is 28.1 Å². The maximum Gasteiger partial charge on any atom is 0.258 e. The minimum absolute atomic E-state index is 0.0133. The van der Waals surface area contributed by atoms with E-state index >= 15 is 0 Å². The number of anilines is 1. The van der Waals surface area contributed by atoms with Gasteiger partial charge in [-0.15, -0.1) is 0 Å². The van der Waals surface area contributed by atoms with Crippen LogP contribution in [0, 0.1) is 5.82 Å². The molecule has 0 radical (unpaired) electrons. The fourth-order valence-electron chi connectivity index (χ4n) is 1.28. The second-order valence-electron chi connectivity index (χ2n) is 2.71. The van der Waals surface area contributed by atoms with E-state index in [1.807, 2.05) is 0 Å². The Morgan fingerprint density at radius 2 is 2.23 bits per heavy atom. The Morgan fingerprint density at radius 1 is 1.54 bits per heavy atom. The molecule has 1 aliphatic rings. The number of halogens is 2. The molecule has 1 amide bonds. The van der Waals surface area contributed by atoms with E-state index in [0.29, 0.717) is 10.2 Å². The van der Waals surface area contributed by atoms with Crippen LogP contribution >= 0.6 is 15.9 Å². The number of aliphatic hydroxyl groups excluding tert-OH is 1. The highest BCUT2D eigenvalue weighted by molar-refractivity contribution is 9.10. The van der Waals surface area contributed by atoms with Crippen molar-refractivity contribution in [2.75, 3.05) is 5.32 Å². The van der Waals surface area contributed by atoms with Crippen LogP contribution in [0.4, 0.5) is 10.1 Å². The lowest BCUT2D eigenvalue weighted by molar-refractivity contribution is -0.123. The second-order valence-corrected chi connectivity index (χ2v) is 3.56. The maximum absolute atomic E-state index is 13.1. The molecule has 3 nitrogen and oxygen atoms in total. The summed E-state index contributed by atoms with van der Waals surface area (Å²) in [6.07, 6.45) is -1.40. The molecule has 1 aliphatic heterocycles. The summed E-state index contributed by atoms with van der Waals surface area (Å²) in [4.78, 5) is 11.0. The second kappa shape index (κ2) is 2.78. The summed E-state index contributed by atoms with van der Waals surface area (Å²) in [6, 6.07) is 2.68. The van der Waals surface area contributed by atoms with E-state index in [-0.39, 0.29) is 5.56 Å². The molecule has 1 aromatic carbocycles. The van der Waals surface area contributed by atoms with Gasteiger partial charge in [-0.3, -0.25) is 4.79 Å². The third-order valence-electron chi connectivity index (χ3n) is 1.91. The van der Waals surface area contributed by atoms with Gasteiger partial charge in [-0.1, -0.05) is 0 Å². The molecule has 0 aliphatic carbocycles. The van der Waals surface area contributed by atoms with Crippen LogP contribution in [0.1, 0.15) is 11.7 Å². The van der Waals surface area contributed by atoms with E-state index < -0.39 is 17.8 Å². The standard InChI is InChI=1S/C8H5BrFNO2/c9-3-1-2-4(10)5-6(3)11-8(13)7(5)12/h1-2,7,12H,(H,11,13). The lowest BCUT2D eigenvalue weighted by Crippen LogP contribution is -2.11. The number of rotatable bonds is 0. The molecular formula is C8H5BrFNO2. The summed E-state index contributed by atoms with van der Waals surface area (Å²) < 4.78 is 13.7. The molecule has 0 saturated heterocycles. The van der Waals surface area contributed by atoms with E-state index in [9.17, 15) is 14.3 Å². The lowest BCUT2D eigenvalue weighted by Gasteiger charge is -2.03. The first-order valence-electron chi connectivity index (χ1n) is 3.58. The number of hydrogen-bond acceptors (Lipinski definition) is 2. The first kappa shape index (κ1) is 8.65. The van der Waals surface area contributed by atoms with Gasteiger partial charge >= 0.3 is 0 Å². The van der Waals surface area contributed by atoms with Crippen molar-refractivity contribution in [2.24, 2.45) is 0 Å². The van der Waals surface area contributed by atoms with Crippen molar-refractivity contribution in [1.29, 1.82) is 0 Å². The van der Waals surface area contributed by atoms with Gasteiger partial charge in [-0.2, -0.15) is 0 Å². The van der Waals surface area contributed by atoms with Crippen molar-refractivity contribution in [1.82, 2.24) is 0 Å². The van der Waals surface area contributed by atoms with Crippen LogP contribution in [0.5, 0.6) is 0 Å². The van der Waals surface area contributed by atoms with Crippen LogP contribution in [0.3, 0.4) is 0 Å². The number of carbonyl (C=O) groups excluding carboxylic acids is 1. The SMILES string of the molecule is O=C1Nc2c(Br)ccc(F)c2C1O. The van der Waals surface area contributed by atoms with E-state index in [1.54, 1.807) is 0 Å². The summed E-state index contributed by atoms with van der Waals surface area (Å²) in [5.74, 6) is -1.18. The van der Waals surface area contributed by atoms with Crippen molar-refractivity contribution in [2.45, 2.75) is 6.10 Å². The number of nitrogens with one attached hydrogen (secondary N) is 1. The molecule has 1 atom stereocenters. The van der Waals surface area contributed by atoms with Crippen LogP contribution in [-0.4, -0.2) is 11.0 Å². The topological polar surface area (TPSA) is 49.3 Å². The lowest BCUT2D eigenvalue weighted by atomic mass is 10.1. The highest BCUT2D eigenvalue weighted by Gasteiger charge is 2.32. The highest BCUT2D eigenvalue weighted by atomic mass is 79.9. The van der Waals surface area contributed by atoms with Gasteiger partial charge in [0, 0.05) is 4.47 Å². The number of hydrogen-bond donors (Lipinski definition) is 2. The molecule has 0 saturated carbocycles. The van der Waals surface area contributed by atoms with Crippen molar-refractivity contribution < 1.29 is 14.3 Å². The summed E-state index contributed by atoms with van der Waals surface area (Å²) >= 11 is 3.14. The van der Waals surface area contributed by atoms with Gasteiger partial charge < -0.3 is 10.4 Å². The van der Waals surface area contributed by atoms with Gasteiger partial charge in [0.25, 0.3) is 5.91 Å². The molecule has 2 rings (SSSR count). The summed E-state index contributed by atoms with van der Waals surface area (Å²) in [5.41, 5.74) is 0.330. The zero-order chi connectivity index (χ0) is 9.59. The van der Waals surface area contributed by atoms with Crippen molar-refractivity contribution in [3.63, 3.8) is 0 Å².